The summed E-state index contributed by atoms with van der Waals surface area (Å²) < 4.78 is 5.43. The van der Waals surface area contributed by atoms with Gasteiger partial charge in [-0.2, -0.15) is 0 Å². The monoisotopic (exact) mass is 188 g/mol. The van der Waals surface area contributed by atoms with Gasteiger partial charge in [-0.3, -0.25) is 0 Å². The highest BCUT2D eigenvalue weighted by Gasteiger charge is 2.17. The Labute approximate surface area is 79.7 Å². The quantitative estimate of drug-likeness (QED) is 0.375. The number of hydrogen-bond acceptors (Lipinski definition) is 1. The van der Waals surface area contributed by atoms with Gasteiger partial charge in [0.15, 0.2) is 0 Å². The Balaban J connectivity index is 2.17. The average Bonchev–Trinajstić information content (AvgIpc) is 2.09. The molecular formula is C10H17ClO. The second-order valence-electron chi connectivity index (χ2n) is 3.44. The van der Waals surface area contributed by atoms with E-state index in [1.807, 2.05) is 0 Å². The molecule has 1 aliphatic rings. The van der Waals surface area contributed by atoms with Crippen LogP contribution in [0.25, 0.3) is 0 Å². The Morgan fingerprint density at radius 2 is 2.17 bits per heavy atom. The third-order valence-corrected chi connectivity index (χ3v) is 2.63. The maximum atomic E-state index is 5.52. The summed E-state index contributed by atoms with van der Waals surface area (Å²) in [6.07, 6.45) is 6.90. The standard InChI is InChI=1S/C10H17ClO/c1-9-4-2-3-5-10(9)8-12-7-6-11/h2-3,9-10H,4-8H2,1H3. The van der Waals surface area contributed by atoms with E-state index in [4.69, 9.17) is 16.3 Å². The normalized spacial score (nSPS) is 29.2. The van der Waals surface area contributed by atoms with Crippen molar-refractivity contribution in [2.45, 2.75) is 19.8 Å². The molecule has 1 aliphatic carbocycles. The van der Waals surface area contributed by atoms with Crippen molar-refractivity contribution in [2.24, 2.45) is 11.8 Å². The number of ether oxygens (including phenoxy) is 1. The predicted octanol–water partition coefficient (Wildman–Crippen LogP) is 2.84. The molecular weight excluding hydrogens is 172 g/mol. The summed E-state index contributed by atoms with van der Waals surface area (Å²) >= 11 is 5.52. The Morgan fingerprint density at radius 3 is 2.83 bits per heavy atom. The first kappa shape index (κ1) is 10.1. The maximum Gasteiger partial charge on any atom is 0.0601 e. The zero-order valence-corrected chi connectivity index (χ0v) is 8.39. The number of allylic oxidation sites excluding steroid dienone is 2. The summed E-state index contributed by atoms with van der Waals surface area (Å²) in [5, 5.41) is 0. The molecule has 12 heavy (non-hydrogen) atoms. The molecule has 0 spiro atoms. The molecule has 2 unspecified atom stereocenters. The van der Waals surface area contributed by atoms with Crippen LogP contribution in [0.4, 0.5) is 0 Å². The van der Waals surface area contributed by atoms with E-state index < -0.39 is 0 Å². The van der Waals surface area contributed by atoms with Crippen LogP contribution in [0.3, 0.4) is 0 Å². The van der Waals surface area contributed by atoms with Gasteiger partial charge in [0.1, 0.15) is 0 Å². The molecule has 1 nitrogen and oxygen atoms in total. The van der Waals surface area contributed by atoms with E-state index in [1.165, 1.54) is 12.8 Å². The highest BCUT2D eigenvalue weighted by Crippen LogP contribution is 2.24. The van der Waals surface area contributed by atoms with Gasteiger partial charge in [-0.1, -0.05) is 19.1 Å². The first-order chi connectivity index (χ1) is 5.84. The van der Waals surface area contributed by atoms with Crippen LogP contribution in [-0.2, 0) is 4.74 Å². The van der Waals surface area contributed by atoms with E-state index in [0.29, 0.717) is 18.4 Å². The molecule has 0 saturated heterocycles. The number of hydrogen-bond donors (Lipinski definition) is 0. The molecule has 0 radical (unpaired) electrons. The van der Waals surface area contributed by atoms with Crippen molar-refractivity contribution < 1.29 is 4.74 Å². The van der Waals surface area contributed by atoms with Crippen LogP contribution in [0.15, 0.2) is 12.2 Å². The number of halogens is 1. The molecule has 0 N–H and O–H groups in total. The molecule has 2 atom stereocenters. The highest BCUT2D eigenvalue weighted by molar-refractivity contribution is 6.17. The molecule has 0 saturated carbocycles. The van der Waals surface area contributed by atoms with Gasteiger partial charge in [-0.05, 0) is 24.7 Å². The molecule has 0 heterocycles. The lowest BCUT2D eigenvalue weighted by molar-refractivity contribution is 0.0897. The van der Waals surface area contributed by atoms with Crippen LogP contribution in [0, 0.1) is 11.8 Å². The first-order valence-corrected chi connectivity index (χ1v) is 5.16. The van der Waals surface area contributed by atoms with Crippen LogP contribution < -0.4 is 0 Å². The number of alkyl halides is 1. The Kier molecular flexibility index (Phi) is 4.70. The molecule has 2 heteroatoms. The van der Waals surface area contributed by atoms with E-state index in [2.05, 4.69) is 19.1 Å². The molecule has 0 bridgehead atoms. The van der Waals surface area contributed by atoms with Crippen LogP contribution in [0.2, 0.25) is 0 Å². The fourth-order valence-corrected chi connectivity index (χ4v) is 1.64. The van der Waals surface area contributed by atoms with E-state index >= 15 is 0 Å². The summed E-state index contributed by atoms with van der Waals surface area (Å²) in [4.78, 5) is 0. The summed E-state index contributed by atoms with van der Waals surface area (Å²) in [7, 11) is 0. The topological polar surface area (TPSA) is 9.23 Å². The minimum absolute atomic E-state index is 0.608. The molecule has 0 aliphatic heterocycles. The van der Waals surface area contributed by atoms with Crippen LogP contribution >= 0.6 is 11.6 Å². The van der Waals surface area contributed by atoms with Gasteiger partial charge in [0.05, 0.1) is 6.61 Å². The number of rotatable bonds is 4. The lowest BCUT2D eigenvalue weighted by atomic mass is 9.85. The van der Waals surface area contributed by atoms with E-state index in [9.17, 15) is 0 Å². The van der Waals surface area contributed by atoms with E-state index in [1.54, 1.807) is 0 Å². The van der Waals surface area contributed by atoms with Crippen LogP contribution in [-0.4, -0.2) is 19.1 Å². The first-order valence-electron chi connectivity index (χ1n) is 4.63. The van der Waals surface area contributed by atoms with Crippen molar-refractivity contribution in [2.75, 3.05) is 19.1 Å². The average molecular weight is 189 g/mol. The van der Waals surface area contributed by atoms with Crippen LogP contribution in [0.1, 0.15) is 19.8 Å². The van der Waals surface area contributed by atoms with Gasteiger partial charge in [0.25, 0.3) is 0 Å². The van der Waals surface area contributed by atoms with Crippen LogP contribution in [0.5, 0.6) is 0 Å². The second kappa shape index (κ2) is 5.60. The Morgan fingerprint density at radius 1 is 1.42 bits per heavy atom. The predicted molar refractivity (Wildman–Crippen MR) is 52.6 cm³/mol. The van der Waals surface area contributed by atoms with Gasteiger partial charge in [0.2, 0.25) is 0 Å². The third kappa shape index (κ3) is 3.16. The molecule has 0 aromatic rings. The fourth-order valence-electron chi connectivity index (χ4n) is 1.53. The summed E-state index contributed by atoms with van der Waals surface area (Å²) in [5.41, 5.74) is 0. The van der Waals surface area contributed by atoms with Crippen molar-refractivity contribution in [3.8, 4) is 0 Å². The van der Waals surface area contributed by atoms with Gasteiger partial charge in [0, 0.05) is 12.5 Å². The highest BCUT2D eigenvalue weighted by atomic mass is 35.5. The van der Waals surface area contributed by atoms with Gasteiger partial charge in [-0.15, -0.1) is 11.6 Å². The molecule has 0 aromatic heterocycles. The van der Waals surface area contributed by atoms with Crippen molar-refractivity contribution in [3.05, 3.63) is 12.2 Å². The van der Waals surface area contributed by atoms with Crippen molar-refractivity contribution in [1.29, 1.82) is 0 Å². The van der Waals surface area contributed by atoms with Crippen molar-refractivity contribution in [3.63, 3.8) is 0 Å². The van der Waals surface area contributed by atoms with Gasteiger partial charge >= 0.3 is 0 Å². The van der Waals surface area contributed by atoms with E-state index in [-0.39, 0.29) is 0 Å². The van der Waals surface area contributed by atoms with Crippen molar-refractivity contribution in [1.82, 2.24) is 0 Å². The minimum atomic E-state index is 0.608. The van der Waals surface area contributed by atoms with Gasteiger partial charge < -0.3 is 4.74 Å². The fraction of sp³-hybridized carbons (Fsp3) is 0.800. The maximum absolute atomic E-state index is 5.52. The molecule has 0 fully saturated rings. The zero-order valence-electron chi connectivity index (χ0n) is 7.63. The van der Waals surface area contributed by atoms with Crippen molar-refractivity contribution >= 4 is 11.6 Å². The van der Waals surface area contributed by atoms with E-state index in [0.717, 1.165) is 12.5 Å². The zero-order chi connectivity index (χ0) is 8.81. The summed E-state index contributed by atoms with van der Waals surface area (Å²) in [6, 6.07) is 0. The Bertz CT molecular complexity index is 145. The third-order valence-electron chi connectivity index (χ3n) is 2.47. The largest absolute Gasteiger partial charge is 0.380 e. The van der Waals surface area contributed by atoms with Gasteiger partial charge in [-0.25, -0.2) is 0 Å². The summed E-state index contributed by atoms with van der Waals surface area (Å²) in [5.74, 6) is 2.08. The molecule has 1 rings (SSSR count). The molecule has 0 amide bonds. The second-order valence-corrected chi connectivity index (χ2v) is 3.82. The lowest BCUT2D eigenvalue weighted by Crippen LogP contribution is -2.19. The Hall–Kier alpha value is -0.0100. The smallest absolute Gasteiger partial charge is 0.0601 e. The summed E-state index contributed by atoms with van der Waals surface area (Å²) in [6.45, 7) is 3.85. The molecule has 70 valence electrons. The minimum Gasteiger partial charge on any atom is -0.380 e. The molecule has 0 aromatic carbocycles. The SMILES string of the molecule is CC1CC=CCC1COCCCl. The lowest BCUT2D eigenvalue weighted by Gasteiger charge is -2.24.